The smallest absolute Gasteiger partial charge is 0.339 e. The van der Waals surface area contributed by atoms with E-state index < -0.39 is 17.5 Å². The molecule has 0 radical (unpaired) electrons. The van der Waals surface area contributed by atoms with E-state index in [1.807, 2.05) is 6.92 Å². The lowest BCUT2D eigenvalue weighted by atomic mass is 10.0. The van der Waals surface area contributed by atoms with E-state index in [4.69, 9.17) is 21.4 Å². The van der Waals surface area contributed by atoms with Crippen LogP contribution >= 0.6 is 11.6 Å². The van der Waals surface area contributed by atoms with Crippen LogP contribution in [0.2, 0.25) is 5.02 Å². The first-order valence-corrected chi connectivity index (χ1v) is 6.48. The van der Waals surface area contributed by atoms with Crippen LogP contribution in [-0.2, 0) is 4.74 Å². The maximum Gasteiger partial charge on any atom is 0.339 e. The molecule has 3 N–H and O–H groups in total. The summed E-state index contributed by atoms with van der Waals surface area (Å²) in [7, 11) is 0. The number of carbonyl (C=O) groups is 2. The molecule has 1 aliphatic heterocycles. The van der Waals surface area contributed by atoms with Gasteiger partial charge in [-0.25, -0.2) is 9.59 Å². The van der Waals surface area contributed by atoms with Gasteiger partial charge in [0.25, 0.3) is 0 Å². The minimum absolute atomic E-state index is 0.0747. The van der Waals surface area contributed by atoms with Gasteiger partial charge in [0, 0.05) is 6.61 Å². The minimum atomic E-state index is -1.19. The van der Waals surface area contributed by atoms with Gasteiger partial charge < -0.3 is 20.5 Å². The van der Waals surface area contributed by atoms with Crippen molar-refractivity contribution in [3.63, 3.8) is 0 Å². The average molecular weight is 299 g/mol. The molecule has 2 rings (SSSR count). The molecule has 1 aliphatic rings. The van der Waals surface area contributed by atoms with Crippen LogP contribution < -0.4 is 10.6 Å². The Morgan fingerprint density at radius 2 is 2.20 bits per heavy atom. The summed E-state index contributed by atoms with van der Waals surface area (Å²) >= 11 is 5.83. The Kier molecular flexibility index (Phi) is 4.15. The van der Waals surface area contributed by atoms with Crippen LogP contribution in [0.4, 0.5) is 10.5 Å². The number of nitrogens with one attached hydrogen (secondary N) is 2. The molecule has 7 heteroatoms. The van der Waals surface area contributed by atoms with Crippen LogP contribution in [0.1, 0.15) is 23.7 Å². The number of benzene rings is 1. The number of ether oxygens (including phenoxy) is 1. The Labute approximate surface area is 121 Å². The van der Waals surface area contributed by atoms with Crippen LogP contribution in [0.15, 0.2) is 18.2 Å². The highest BCUT2D eigenvalue weighted by Crippen LogP contribution is 2.24. The molecule has 0 bridgehead atoms. The quantitative estimate of drug-likeness (QED) is 0.799. The Bertz CT molecular complexity index is 541. The predicted octanol–water partition coefficient (Wildman–Crippen LogP) is 2.34. The number of rotatable bonds is 3. The molecule has 20 heavy (non-hydrogen) atoms. The lowest BCUT2D eigenvalue weighted by Crippen LogP contribution is -2.48. The zero-order chi connectivity index (χ0) is 14.8. The van der Waals surface area contributed by atoms with E-state index in [2.05, 4.69) is 10.6 Å². The summed E-state index contributed by atoms with van der Waals surface area (Å²) in [5.41, 5.74) is -0.409. The molecule has 1 fully saturated rings. The van der Waals surface area contributed by atoms with Crippen molar-refractivity contribution in [3.8, 4) is 0 Å². The molecule has 6 nitrogen and oxygen atoms in total. The predicted molar refractivity (Wildman–Crippen MR) is 74.4 cm³/mol. The van der Waals surface area contributed by atoms with E-state index in [1.165, 1.54) is 12.1 Å². The van der Waals surface area contributed by atoms with Crippen molar-refractivity contribution >= 4 is 29.3 Å². The SMILES string of the molecule is CC1(NC(=O)Nc2cccc(Cl)c2C(=O)O)CCOC1. The standard InChI is InChI=1S/C13H15ClN2O4/c1-13(5-6-20-7-13)16-12(19)15-9-4-2-3-8(14)10(9)11(17)18/h2-4H,5-7H2,1H3,(H,17,18)(H2,15,16,19). The maximum atomic E-state index is 11.9. The van der Waals surface area contributed by atoms with Gasteiger partial charge in [0.2, 0.25) is 0 Å². The second-order valence-corrected chi connectivity index (χ2v) is 5.32. The van der Waals surface area contributed by atoms with Crippen molar-refractivity contribution in [2.75, 3.05) is 18.5 Å². The molecule has 1 heterocycles. The Morgan fingerprint density at radius 3 is 2.80 bits per heavy atom. The Hall–Kier alpha value is -1.79. The van der Waals surface area contributed by atoms with E-state index in [-0.39, 0.29) is 16.3 Å². The number of anilines is 1. The van der Waals surface area contributed by atoms with Gasteiger partial charge in [-0.05, 0) is 25.5 Å². The minimum Gasteiger partial charge on any atom is -0.478 e. The van der Waals surface area contributed by atoms with Crippen LogP contribution in [0, 0.1) is 0 Å². The third-order valence-electron chi connectivity index (χ3n) is 3.11. The summed E-state index contributed by atoms with van der Waals surface area (Å²) in [6.07, 6.45) is 0.710. The molecule has 0 aromatic heterocycles. The molecule has 2 amide bonds. The van der Waals surface area contributed by atoms with Crippen molar-refractivity contribution in [2.45, 2.75) is 18.9 Å². The van der Waals surface area contributed by atoms with Crippen LogP contribution in [0.25, 0.3) is 0 Å². The molecule has 1 atom stereocenters. The first-order valence-electron chi connectivity index (χ1n) is 6.10. The van der Waals surface area contributed by atoms with Gasteiger partial charge in [0.15, 0.2) is 0 Å². The number of carboxylic acids is 1. The van der Waals surface area contributed by atoms with Crippen molar-refractivity contribution in [1.82, 2.24) is 5.32 Å². The molecule has 0 spiro atoms. The summed E-state index contributed by atoms with van der Waals surface area (Å²) in [6, 6.07) is 4.04. The van der Waals surface area contributed by atoms with E-state index in [0.717, 1.165) is 0 Å². The van der Waals surface area contributed by atoms with E-state index in [0.29, 0.717) is 19.6 Å². The largest absolute Gasteiger partial charge is 0.478 e. The summed E-state index contributed by atoms with van der Waals surface area (Å²) in [5.74, 6) is -1.19. The van der Waals surface area contributed by atoms with Crippen molar-refractivity contribution < 1.29 is 19.4 Å². The van der Waals surface area contributed by atoms with Gasteiger partial charge in [-0.1, -0.05) is 17.7 Å². The molecule has 0 saturated carbocycles. The van der Waals surface area contributed by atoms with Crippen molar-refractivity contribution in [3.05, 3.63) is 28.8 Å². The number of carboxylic acid groups (broad SMARTS) is 1. The van der Waals surface area contributed by atoms with E-state index >= 15 is 0 Å². The number of urea groups is 1. The first kappa shape index (κ1) is 14.6. The summed E-state index contributed by atoms with van der Waals surface area (Å²) in [6.45, 7) is 2.89. The molecule has 1 aromatic carbocycles. The number of amides is 2. The highest BCUT2D eigenvalue weighted by Gasteiger charge is 2.31. The second kappa shape index (κ2) is 5.68. The summed E-state index contributed by atoms with van der Waals surface area (Å²) in [4.78, 5) is 23.1. The molecule has 1 aromatic rings. The van der Waals surface area contributed by atoms with Gasteiger partial charge >= 0.3 is 12.0 Å². The van der Waals surface area contributed by atoms with Gasteiger partial charge in [0.05, 0.1) is 22.9 Å². The van der Waals surface area contributed by atoms with Crippen molar-refractivity contribution in [1.29, 1.82) is 0 Å². The average Bonchev–Trinajstić information content (AvgIpc) is 2.74. The number of aromatic carboxylic acids is 1. The first-order chi connectivity index (χ1) is 9.41. The van der Waals surface area contributed by atoms with Gasteiger partial charge in [-0.2, -0.15) is 0 Å². The highest BCUT2D eigenvalue weighted by atomic mass is 35.5. The highest BCUT2D eigenvalue weighted by molar-refractivity contribution is 6.34. The molecular weight excluding hydrogens is 284 g/mol. The molecule has 108 valence electrons. The Balaban J connectivity index is 2.12. The molecule has 0 aliphatic carbocycles. The monoisotopic (exact) mass is 298 g/mol. The fourth-order valence-electron chi connectivity index (χ4n) is 2.04. The van der Waals surface area contributed by atoms with Gasteiger partial charge in [0.1, 0.15) is 5.56 Å². The maximum absolute atomic E-state index is 11.9. The lowest BCUT2D eigenvalue weighted by Gasteiger charge is -2.23. The Morgan fingerprint density at radius 1 is 1.45 bits per heavy atom. The van der Waals surface area contributed by atoms with Gasteiger partial charge in [-0.15, -0.1) is 0 Å². The number of hydrogen-bond acceptors (Lipinski definition) is 3. The van der Waals surface area contributed by atoms with Crippen LogP contribution in [-0.4, -0.2) is 35.9 Å². The fourth-order valence-corrected chi connectivity index (χ4v) is 2.29. The number of halogens is 1. The molecule has 1 unspecified atom stereocenters. The summed E-state index contributed by atoms with van der Waals surface area (Å²) in [5, 5.41) is 14.5. The number of hydrogen-bond donors (Lipinski definition) is 3. The van der Waals surface area contributed by atoms with Gasteiger partial charge in [-0.3, -0.25) is 0 Å². The van der Waals surface area contributed by atoms with E-state index in [1.54, 1.807) is 6.07 Å². The normalized spacial score (nSPS) is 21.5. The third-order valence-corrected chi connectivity index (χ3v) is 3.42. The molecular formula is C13H15ClN2O4. The zero-order valence-corrected chi connectivity index (χ0v) is 11.7. The van der Waals surface area contributed by atoms with Crippen molar-refractivity contribution in [2.24, 2.45) is 0 Å². The molecule has 1 saturated heterocycles. The second-order valence-electron chi connectivity index (χ2n) is 4.91. The zero-order valence-electron chi connectivity index (χ0n) is 10.9. The topological polar surface area (TPSA) is 87.7 Å². The third kappa shape index (κ3) is 3.20. The lowest BCUT2D eigenvalue weighted by molar-refractivity contribution is 0.0698. The van der Waals surface area contributed by atoms with Crippen LogP contribution in [0.5, 0.6) is 0 Å². The van der Waals surface area contributed by atoms with Crippen LogP contribution in [0.3, 0.4) is 0 Å². The fraction of sp³-hybridized carbons (Fsp3) is 0.385. The number of carbonyl (C=O) groups excluding carboxylic acids is 1. The van der Waals surface area contributed by atoms with E-state index in [9.17, 15) is 9.59 Å². The summed E-state index contributed by atoms with van der Waals surface area (Å²) < 4.78 is 5.23.